The first kappa shape index (κ1) is 28.9. The summed E-state index contributed by atoms with van der Waals surface area (Å²) >= 11 is 0. The number of phenolic OH excluding ortho intramolecular Hbond substituents is 1. The van der Waals surface area contributed by atoms with E-state index in [0.717, 1.165) is 12.3 Å². The number of rotatable bonds is 8. The molecule has 2 aromatic heterocycles. The Balaban J connectivity index is 1.53. The maximum atomic E-state index is 15.5. The van der Waals surface area contributed by atoms with Crippen LogP contribution in [-0.2, 0) is 10.8 Å². The number of benzene rings is 2. The van der Waals surface area contributed by atoms with E-state index in [-0.39, 0.29) is 43.8 Å². The van der Waals surface area contributed by atoms with E-state index in [1.54, 1.807) is 11.9 Å². The van der Waals surface area contributed by atoms with Crippen LogP contribution in [0.4, 0.5) is 14.5 Å². The SMILES string of the molecule is CN1CCN=C1c1cc(S(=O)c2cc(N)c(C(=O)O)cn2)ccc1Oc1c(F)cnc(Oc2cc(C#N)ccc2O)c1F. The highest BCUT2D eigenvalue weighted by atomic mass is 32.2. The van der Waals surface area contributed by atoms with E-state index in [1.165, 1.54) is 36.4 Å². The zero-order valence-electron chi connectivity index (χ0n) is 22.1. The molecule has 1 aliphatic rings. The second kappa shape index (κ2) is 11.7. The van der Waals surface area contributed by atoms with E-state index in [1.807, 2.05) is 6.07 Å². The first-order valence-electron chi connectivity index (χ1n) is 12.3. The van der Waals surface area contributed by atoms with E-state index in [2.05, 4.69) is 15.0 Å². The largest absolute Gasteiger partial charge is 0.504 e. The molecule has 12 nitrogen and oxygen atoms in total. The monoisotopic (exact) mass is 606 g/mol. The van der Waals surface area contributed by atoms with Gasteiger partial charge in [0.15, 0.2) is 17.3 Å². The lowest BCUT2D eigenvalue weighted by Crippen LogP contribution is -2.24. The van der Waals surface area contributed by atoms with Crippen LogP contribution in [0.2, 0.25) is 0 Å². The Kier molecular flexibility index (Phi) is 7.86. The molecule has 0 amide bonds. The zero-order chi connectivity index (χ0) is 30.8. The Morgan fingerprint density at radius 1 is 1.12 bits per heavy atom. The number of aromatic nitrogens is 2. The molecule has 3 heterocycles. The summed E-state index contributed by atoms with van der Waals surface area (Å²) in [5.74, 6) is -5.75. The summed E-state index contributed by atoms with van der Waals surface area (Å²) in [5, 5.41) is 28.3. The van der Waals surface area contributed by atoms with Gasteiger partial charge in [-0.3, -0.25) is 4.99 Å². The second-order valence-corrected chi connectivity index (χ2v) is 10.4. The number of nitrogens with zero attached hydrogens (tertiary/aromatic N) is 5. The number of nitriles is 1. The van der Waals surface area contributed by atoms with Gasteiger partial charge in [0.25, 0.3) is 5.88 Å². The lowest BCUT2D eigenvalue weighted by atomic mass is 10.1. The first-order valence-corrected chi connectivity index (χ1v) is 13.5. The number of aromatic hydroxyl groups is 1. The smallest absolute Gasteiger partial charge is 0.339 e. The Hall–Kier alpha value is -5.62. The number of hydrogen-bond acceptors (Lipinski definition) is 11. The van der Waals surface area contributed by atoms with Gasteiger partial charge in [-0.25, -0.2) is 23.4 Å². The fourth-order valence-electron chi connectivity index (χ4n) is 4.04. The minimum Gasteiger partial charge on any atom is -0.504 e. The number of nitrogen functional groups attached to an aromatic ring is 1. The quantitative estimate of drug-likeness (QED) is 0.263. The molecule has 1 aliphatic heterocycles. The minimum atomic E-state index is -1.93. The van der Waals surface area contributed by atoms with Gasteiger partial charge in [-0.05, 0) is 36.4 Å². The summed E-state index contributed by atoms with van der Waals surface area (Å²) in [4.78, 5) is 25.2. The lowest BCUT2D eigenvalue weighted by molar-refractivity contribution is 0.0697. The van der Waals surface area contributed by atoms with E-state index < -0.39 is 45.8 Å². The number of amidine groups is 1. The Bertz CT molecular complexity index is 1880. The summed E-state index contributed by atoms with van der Waals surface area (Å²) in [6.45, 7) is 0.965. The van der Waals surface area contributed by atoms with Crippen molar-refractivity contribution in [3.8, 4) is 34.9 Å². The third-order valence-electron chi connectivity index (χ3n) is 6.20. The number of pyridine rings is 2. The van der Waals surface area contributed by atoms with Crippen molar-refractivity contribution in [1.82, 2.24) is 14.9 Å². The summed E-state index contributed by atoms with van der Waals surface area (Å²) in [5.41, 5.74) is 5.79. The number of carboxylic acids is 1. The molecule has 0 radical (unpaired) electrons. The van der Waals surface area contributed by atoms with Crippen LogP contribution < -0.4 is 15.2 Å². The van der Waals surface area contributed by atoms with E-state index in [0.29, 0.717) is 25.1 Å². The number of nitrogens with two attached hydrogens (primary N) is 1. The number of halogens is 2. The molecule has 1 unspecified atom stereocenters. The third-order valence-corrected chi connectivity index (χ3v) is 7.49. The molecule has 2 aromatic carbocycles. The van der Waals surface area contributed by atoms with Crippen molar-refractivity contribution in [2.24, 2.45) is 4.99 Å². The standard InChI is InChI=1S/C28H20F2N6O6S/c1-36-7-6-33-26(36)16-9-15(43(40)23-10-19(32)17(12-34-23)28(38)39)3-5-21(16)41-25-18(29)13-35-27(24(25)30)42-22-8-14(11-31)2-4-20(22)37/h2-5,8-10,12-13,37H,6-7H2,1H3,(H2,32,34)(H,38,39). The van der Waals surface area contributed by atoms with Gasteiger partial charge in [0, 0.05) is 30.8 Å². The fraction of sp³-hybridized carbons (Fsp3) is 0.107. The molecule has 0 saturated carbocycles. The molecule has 0 fully saturated rings. The highest BCUT2D eigenvalue weighted by Crippen LogP contribution is 2.38. The van der Waals surface area contributed by atoms with E-state index >= 15 is 4.39 Å². The number of ether oxygens (including phenoxy) is 2. The highest BCUT2D eigenvalue weighted by Gasteiger charge is 2.26. The lowest BCUT2D eigenvalue weighted by Gasteiger charge is -2.19. The van der Waals surface area contributed by atoms with Gasteiger partial charge in [0.1, 0.15) is 33.0 Å². The number of phenols is 1. The maximum Gasteiger partial charge on any atom is 0.339 e. The summed E-state index contributed by atoms with van der Waals surface area (Å²) < 4.78 is 54.8. The molecule has 5 rings (SSSR count). The molecule has 1 atom stereocenters. The maximum absolute atomic E-state index is 15.5. The van der Waals surface area contributed by atoms with Crippen molar-refractivity contribution in [3.05, 3.63) is 83.2 Å². The van der Waals surface area contributed by atoms with E-state index in [4.69, 9.17) is 20.5 Å². The van der Waals surface area contributed by atoms with Crippen LogP contribution in [0.25, 0.3) is 0 Å². The van der Waals surface area contributed by atoms with Crippen LogP contribution >= 0.6 is 0 Å². The van der Waals surface area contributed by atoms with Crippen LogP contribution in [-0.4, -0.2) is 61.2 Å². The van der Waals surface area contributed by atoms with Gasteiger partial charge >= 0.3 is 5.97 Å². The molecule has 4 aromatic rings. The van der Waals surface area contributed by atoms with Gasteiger partial charge in [-0.1, -0.05) is 0 Å². The molecule has 0 bridgehead atoms. The molecule has 218 valence electrons. The average Bonchev–Trinajstić information content (AvgIpc) is 3.42. The molecule has 0 aliphatic carbocycles. The van der Waals surface area contributed by atoms with Gasteiger partial charge in [0.05, 0.1) is 35.6 Å². The molecule has 0 saturated heterocycles. The van der Waals surface area contributed by atoms with Gasteiger partial charge in [-0.15, -0.1) is 0 Å². The number of likely N-dealkylation sites (N-methyl/N-ethyl adjacent to an activating group) is 1. The van der Waals surface area contributed by atoms with Crippen molar-refractivity contribution in [2.45, 2.75) is 9.92 Å². The topological polar surface area (TPSA) is 184 Å². The van der Waals surface area contributed by atoms with Gasteiger partial charge in [0.2, 0.25) is 11.6 Å². The predicted molar refractivity (Wildman–Crippen MR) is 148 cm³/mol. The van der Waals surface area contributed by atoms with Crippen molar-refractivity contribution < 1.29 is 37.5 Å². The minimum absolute atomic E-state index is 0.0134. The van der Waals surface area contributed by atoms with Crippen LogP contribution in [0.15, 0.2) is 69.8 Å². The molecular formula is C28H20F2N6O6S. The summed E-state index contributed by atoms with van der Waals surface area (Å²) in [6.07, 6.45) is 1.67. The van der Waals surface area contributed by atoms with Crippen LogP contribution in [0.1, 0.15) is 21.5 Å². The number of hydrogen-bond donors (Lipinski definition) is 3. The van der Waals surface area contributed by atoms with E-state index in [9.17, 15) is 23.6 Å². The fourth-order valence-corrected chi connectivity index (χ4v) is 5.08. The van der Waals surface area contributed by atoms with Crippen LogP contribution in [0.5, 0.6) is 28.9 Å². The number of carbonyl (C=O) groups is 1. The number of anilines is 1. The van der Waals surface area contributed by atoms with Crippen molar-refractivity contribution in [2.75, 3.05) is 25.9 Å². The number of aromatic carboxylic acids is 1. The molecule has 43 heavy (non-hydrogen) atoms. The Labute approximate surface area is 244 Å². The number of aliphatic imine (C=N–C) groups is 1. The third kappa shape index (κ3) is 5.76. The van der Waals surface area contributed by atoms with Crippen LogP contribution in [0, 0.1) is 23.0 Å². The second-order valence-electron chi connectivity index (χ2n) is 9.02. The summed E-state index contributed by atoms with van der Waals surface area (Å²) in [7, 11) is -0.189. The van der Waals surface area contributed by atoms with Crippen molar-refractivity contribution in [1.29, 1.82) is 5.26 Å². The summed E-state index contributed by atoms with van der Waals surface area (Å²) in [6, 6.07) is 10.9. The normalized spacial score (nSPS) is 13.3. The molecular weight excluding hydrogens is 586 g/mol. The van der Waals surface area contributed by atoms with Gasteiger partial charge < -0.3 is 30.3 Å². The highest BCUT2D eigenvalue weighted by molar-refractivity contribution is 7.85. The average molecular weight is 607 g/mol. The Morgan fingerprint density at radius 3 is 2.58 bits per heavy atom. The molecule has 0 spiro atoms. The Morgan fingerprint density at radius 2 is 1.91 bits per heavy atom. The van der Waals surface area contributed by atoms with Crippen molar-refractivity contribution in [3.63, 3.8) is 0 Å². The number of carboxylic acid groups (broad SMARTS) is 1. The zero-order valence-corrected chi connectivity index (χ0v) is 22.9. The van der Waals surface area contributed by atoms with Gasteiger partial charge in [-0.2, -0.15) is 9.65 Å². The van der Waals surface area contributed by atoms with Crippen LogP contribution in [0.3, 0.4) is 0 Å². The first-order chi connectivity index (χ1) is 20.6. The molecule has 4 N–H and O–H groups in total. The van der Waals surface area contributed by atoms with Crippen molar-refractivity contribution >= 4 is 28.3 Å². The predicted octanol–water partition coefficient (Wildman–Crippen LogP) is 4.06. The molecule has 15 heteroatoms.